The van der Waals surface area contributed by atoms with E-state index < -0.39 is 15.8 Å². The van der Waals surface area contributed by atoms with Gasteiger partial charge < -0.3 is 4.79 Å². The molecular weight excluding hydrogens is 204 g/mol. The molecule has 6 heteroatoms. The number of rotatable bonds is 3. The summed E-state index contributed by atoms with van der Waals surface area (Å²) in [5, 5.41) is 8.32. The lowest BCUT2D eigenvalue weighted by Crippen LogP contribution is -2.39. The number of hydrogen-bond acceptors (Lipinski definition) is 4. The monoisotopic (exact) mass is 216 g/mol. The average molecular weight is 216 g/mol. The highest BCUT2D eigenvalue weighted by Crippen LogP contribution is 2.17. The SMILES string of the molecule is N#CCS(=O)(=O)N1CCC(C=O)CC1. The summed E-state index contributed by atoms with van der Waals surface area (Å²) < 4.78 is 24.1. The minimum absolute atomic E-state index is 0.0245. The van der Waals surface area contributed by atoms with Gasteiger partial charge in [0, 0.05) is 19.0 Å². The first-order valence-electron chi connectivity index (χ1n) is 4.40. The Balaban J connectivity index is 2.58. The number of carbonyl (C=O) groups excluding carboxylic acids is 1. The van der Waals surface area contributed by atoms with Crippen LogP contribution in [-0.2, 0) is 14.8 Å². The Bertz CT molecular complexity index is 336. The van der Waals surface area contributed by atoms with Crippen LogP contribution in [0.25, 0.3) is 0 Å². The van der Waals surface area contributed by atoms with Crippen molar-refractivity contribution < 1.29 is 13.2 Å². The van der Waals surface area contributed by atoms with Crippen LogP contribution < -0.4 is 0 Å². The van der Waals surface area contributed by atoms with E-state index in [-0.39, 0.29) is 5.92 Å². The lowest BCUT2D eigenvalue weighted by molar-refractivity contribution is -0.112. The van der Waals surface area contributed by atoms with Gasteiger partial charge in [-0.25, -0.2) is 12.7 Å². The molecule has 1 rings (SSSR count). The van der Waals surface area contributed by atoms with E-state index in [1.807, 2.05) is 0 Å². The molecule has 0 aromatic rings. The molecule has 0 saturated carbocycles. The van der Waals surface area contributed by atoms with E-state index in [1.54, 1.807) is 6.07 Å². The van der Waals surface area contributed by atoms with Crippen LogP contribution in [0.2, 0.25) is 0 Å². The van der Waals surface area contributed by atoms with Crippen molar-refractivity contribution in [3.05, 3.63) is 0 Å². The number of hydrogen-bond donors (Lipinski definition) is 0. The van der Waals surface area contributed by atoms with Gasteiger partial charge in [-0.15, -0.1) is 0 Å². The largest absolute Gasteiger partial charge is 0.303 e. The highest BCUT2D eigenvalue weighted by molar-refractivity contribution is 7.89. The Hall–Kier alpha value is -0.930. The van der Waals surface area contributed by atoms with Crippen LogP contribution in [0.3, 0.4) is 0 Å². The maximum Gasteiger partial charge on any atom is 0.227 e. The van der Waals surface area contributed by atoms with Crippen molar-refractivity contribution >= 4 is 16.3 Å². The number of nitrogens with zero attached hydrogens (tertiary/aromatic N) is 2. The first kappa shape index (κ1) is 11.1. The van der Waals surface area contributed by atoms with Gasteiger partial charge in [-0.1, -0.05) is 0 Å². The van der Waals surface area contributed by atoms with E-state index in [0.717, 1.165) is 6.29 Å². The first-order valence-corrected chi connectivity index (χ1v) is 6.01. The van der Waals surface area contributed by atoms with Crippen LogP contribution in [0.5, 0.6) is 0 Å². The Morgan fingerprint density at radius 1 is 1.43 bits per heavy atom. The van der Waals surface area contributed by atoms with E-state index in [4.69, 9.17) is 5.26 Å². The van der Waals surface area contributed by atoms with E-state index in [1.165, 1.54) is 4.31 Å². The second-order valence-corrected chi connectivity index (χ2v) is 5.26. The van der Waals surface area contributed by atoms with Gasteiger partial charge in [0.25, 0.3) is 0 Å². The molecule has 1 aliphatic heterocycles. The summed E-state index contributed by atoms with van der Waals surface area (Å²) in [5.74, 6) is -0.498. The van der Waals surface area contributed by atoms with Gasteiger partial charge >= 0.3 is 0 Å². The van der Waals surface area contributed by atoms with Crippen LogP contribution >= 0.6 is 0 Å². The maximum atomic E-state index is 11.4. The molecule has 0 atom stereocenters. The number of sulfonamides is 1. The van der Waals surface area contributed by atoms with Gasteiger partial charge in [-0.3, -0.25) is 0 Å². The smallest absolute Gasteiger partial charge is 0.227 e. The highest BCUT2D eigenvalue weighted by atomic mass is 32.2. The summed E-state index contributed by atoms with van der Waals surface area (Å²) in [6.45, 7) is 0.709. The minimum atomic E-state index is -3.41. The molecule has 1 aliphatic rings. The molecule has 0 spiro atoms. The molecule has 0 bridgehead atoms. The van der Waals surface area contributed by atoms with E-state index in [2.05, 4.69) is 0 Å². The molecule has 0 aromatic carbocycles. The van der Waals surface area contributed by atoms with Gasteiger partial charge in [-0.2, -0.15) is 5.26 Å². The van der Waals surface area contributed by atoms with Crippen molar-refractivity contribution in [2.45, 2.75) is 12.8 Å². The molecule has 1 fully saturated rings. The molecule has 78 valence electrons. The number of carbonyl (C=O) groups is 1. The van der Waals surface area contributed by atoms with Crippen molar-refractivity contribution in [1.29, 1.82) is 5.26 Å². The summed E-state index contributed by atoms with van der Waals surface area (Å²) in [5.41, 5.74) is 0. The fourth-order valence-corrected chi connectivity index (χ4v) is 2.58. The Kier molecular flexibility index (Phi) is 3.61. The summed E-state index contributed by atoms with van der Waals surface area (Å²) in [4.78, 5) is 10.4. The predicted molar refractivity (Wildman–Crippen MR) is 49.8 cm³/mol. The number of piperidine rings is 1. The third-order valence-corrected chi connectivity index (χ3v) is 3.98. The van der Waals surface area contributed by atoms with Gasteiger partial charge in [0.2, 0.25) is 10.0 Å². The van der Waals surface area contributed by atoms with Crippen molar-refractivity contribution in [3.8, 4) is 6.07 Å². The van der Waals surface area contributed by atoms with E-state index in [9.17, 15) is 13.2 Å². The predicted octanol–water partition coefficient (Wildman–Crippen LogP) is -0.249. The van der Waals surface area contributed by atoms with Gasteiger partial charge in [0.1, 0.15) is 6.29 Å². The van der Waals surface area contributed by atoms with Gasteiger partial charge in [0.05, 0.1) is 6.07 Å². The topological polar surface area (TPSA) is 78.2 Å². The normalized spacial score (nSPS) is 20.2. The molecule has 1 saturated heterocycles. The van der Waals surface area contributed by atoms with Crippen LogP contribution in [0.4, 0.5) is 0 Å². The Labute approximate surface area is 83.4 Å². The molecule has 0 amide bonds. The fraction of sp³-hybridized carbons (Fsp3) is 0.750. The van der Waals surface area contributed by atoms with Crippen molar-refractivity contribution in [1.82, 2.24) is 4.31 Å². The van der Waals surface area contributed by atoms with Crippen LogP contribution in [0.1, 0.15) is 12.8 Å². The van der Waals surface area contributed by atoms with Crippen LogP contribution in [0.15, 0.2) is 0 Å². The van der Waals surface area contributed by atoms with Crippen LogP contribution in [0, 0.1) is 17.2 Å². The molecule has 0 unspecified atom stereocenters. The average Bonchev–Trinajstić information content (AvgIpc) is 2.18. The zero-order chi connectivity index (χ0) is 10.6. The third kappa shape index (κ3) is 2.53. The molecule has 0 aliphatic carbocycles. The second kappa shape index (κ2) is 4.53. The molecule has 5 nitrogen and oxygen atoms in total. The Morgan fingerprint density at radius 2 is 2.00 bits per heavy atom. The zero-order valence-electron chi connectivity index (χ0n) is 7.72. The standard InChI is InChI=1S/C8H12N2O3S/c9-3-6-14(12,13)10-4-1-8(7-11)2-5-10/h7-8H,1-2,4-6H2. The maximum absolute atomic E-state index is 11.4. The first-order chi connectivity index (χ1) is 6.60. The molecular formula is C8H12N2O3S. The minimum Gasteiger partial charge on any atom is -0.303 e. The molecule has 0 aromatic heterocycles. The van der Waals surface area contributed by atoms with Crippen molar-refractivity contribution in [2.75, 3.05) is 18.8 Å². The number of aldehydes is 1. The molecule has 1 heterocycles. The van der Waals surface area contributed by atoms with E-state index >= 15 is 0 Å². The van der Waals surface area contributed by atoms with Gasteiger partial charge in [-0.05, 0) is 12.8 Å². The summed E-state index contributed by atoms with van der Waals surface area (Å²) in [7, 11) is -3.41. The summed E-state index contributed by atoms with van der Waals surface area (Å²) in [6, 6.07) is 1.63. The van der Waals surface area contributed by atoms with Crippen molar-refractivity contribution in [2.24, 2.45) is 5.92 Å². The zero-order valence-corrected chi connectivity index (χ0v) is 8.53. The molecule has 14 heavy (non-hydrogen) atoms. The lowest BCUT2D eigenvalue weighted by atomic mass is 10.0. The lowest BCUT2D eigenvalue weighted by Gasteiger charge is -2.27. The summed E-state index contributed by atoms with van der Waals surface area (Å²) in [6.07, 6.45) is 2.00. The highest BCUT2D eigenvalue weighted by Gasteiger charge is 2.27. The van der Waals surface area contributed by atoms with Crippen LogP contribution in [-0.4, -0.2) is 37.9 Å². The third-order valence-electron chi connectivity index (χ3n) is 2.33. The molecule has 0 radical (unpaired) electrons. The van der Waals surface area contributed by atoms with E-state index in [0.29, 0.717) is 25.9 Å². The van der Waals surface area contributed by atoms with Gasteiger partial charge in [0.15, 0.2) is 5.75 Å². The molecule has 0 N–H and O–H groups in total. The fourth-order valence-electron chi connectivity index (χ4n) is 1.46. The summed E-state index contributed by atoms with van der Waals surface area (Å²) >= 11 is 0. The Morgan fingerprint density at radius 3 is 2.43 bits per heavy atom. The second-order valence-electron chi connectivity index (χ2n) is 3.29. The quantitative estimate of drug-likeness (QED) is 0.609. The van der Waals surface area contributed by atoms with Crippen molar-refractivity contribution in [3.63, 3.8) is 0 Å². The number of nitriles is 1.